The van der Waals surface area contributed by atoms with E-state index in [1.165, 1.54) is 6.33 Å². The Bertz CT molecular complexity index is 1190. The monoisotopic (exact) mass is 408 g/mol. The Labute approximate surface area is 171 Å². The van der Waals surface area contributed by atoms with E-state index in [2.05, 4.69) is 20.4 Å². The third-order valence-electron chi connectivity index (χ3n) is 6.85. The molecule has 154 valence electrons. The SMILES string of the molecule is Cc1cc2ncnn2cc1Nc1ncc2c(n1)N(C13CC(C1)[C@@H](F)C3)CC(=O)N2C. The van der Waals surface area contributed by atoms with Crippen LogP contribution in [0.5, 0.6) is 0 Å². The molecule has 1 N–H and O–H groups in total. The molecule has 1 aliphatic heterocycles. The first-order valence-electron chi connectivity index (χ1n) is 10.1. The third-order valence-corrected chi connectivity index (χ3v) is 6.85. The van der Waals surface area contributed by atoms with Crippen molar-refractivity contribution in [1.29, 1.82) is 0 Å². The number of nitrogens with one attached hydrogen (secondary N) is 1. The Balaban J connectivity index is 1.39. The summed E-state index contributed by atoms with van der Waals surface area (Å²) in [5, 5.41) is 7.43. The largest absolute Gasteiger partial charge is 0.340 e. The highest BCUT2D eigenvalue weighted by atomic mass is 19.1. The minimum Gasteiger partial charge on any atom is -0.340 e. The normalized spacial score (nSPS) is 27.4. The van der Waals surface area contributed by atoms with Crippen LogP contribution in [0.1, 0.15) is 24.8 Å². The maximum absolute atomic E-state index is 14.2. The van der Waals surface area contributed by atoms with Crippen molar-refractivity contribution in [1.82, 2.24) is 24.6 Å². The molecule has 0 saturated heterocycles. The summed E-state index contributed by atoms with van der Waals surface area (Å²) in [4.78, 5) is 29.6. The standard InChI is InChI=1S/C20H21FN8O/c1-11-3-16-23-10-24-29(16)8-14(11)25-19-22-7-15-18(26-19)28(9-17(30)27(15)2)20-4-12(5-20)13(21)6-20/h3,7-8,10,12-13H,4-6,9H2,1-2H3,(H,22,25,26)/t12?,13-,20?/m0/s1. The van der Waals surface area contributed by atoms with E-state index in [9.17, 15) is 9.18 Å². The van der Waals surface area contributed by atoms with Crippen LogP contribution in [0.2, 0.25) is 0 Å². The van der Waals surface area contributed by atoms with Crippen LogP contribution in [-0.4, -0.2) is 55.8 Å². The number of alkyl halides is 1. The van der Waals surface area contributed by atoms with Crippen LogP contribution in [0, 0.1) is 12.8 Å². The van der Waals surface area contributed by atoms with Crippen molar-refractivity contribution in [2.45, 2.75) is 37.9 Å². The maximum Gasteiger partial charge on any atom is 0.246 e. The fourth-order valence-corrected chi connectivity index (χ4v) is 5.11. The number of pyridine rings is 1. The highest BCUT2D eigenvalue weighted by Gasteiger charge is 2.61. The van der Waals surface area contributed by atoms with E-state index in [1.807, 2.05) is 24.1 Å². The average Bonchev–Trinajstić information content (AvgIpc) is 3.36. The van der Waals surface area contributed by atoms with E-state index in [0.717, 1.165) is 29.7 Å². The molecule has 0 radical (unpaired) electrons. The van der Waals surface area contributed by atoms with Gasteiger partial charge in [0, 0.05) is 19.0 Å². The van der Waals surface area contributed by atoms with Crippen molar-refractivity contribution in [3.63, 3.8) is 0 Å². The van der Waals surface area contributed by atoms with Gasteiger partial charge >= 0.3 is 0 Å². The first-order chi connectivity index (χ1) is 14.4. The van der Waals surface area contributed by atoms with Gasteiger partial charge in [0.2, 0.25) is 11.9 Å². The number of hydrogen-bond acceptors (Lipinski definition) is 7. The zero-order valence-corrected chi connectivity index (χ0v) is 16.7. The number of aryl methyl sites for hydroxylation is 1. The van der Waals surface area contributed by atoms with E-state index < -0.39 is 6.17 Å². The predicted molar refractivity (Wildman–Crippen MR) is 109 cm³/mol. The number of anilines is 4. The summed E-state index contributed by atoms with van der Waals surface area (Å²) >= 11 is 0. The van der Waals surface area contributed by atoms with Gasteiger partial charge in [-0.2, -0.15) is 10.1 Å². The smallest absolute Gasteiger partial charge is 0.246 e. The minimum absolute atomic E-state index is 0.0283. The highest BCUT2D eigenvalue weighted by molar-refractivity contribution is 6.02. The molecule has 0 aromatic carbocycles. The van der Waals surface area contributed by atoms with Crippen LogP contribution in [0.25, 0.3) is 5.65 Å². The van der Waals surface area contributed by atoms with Gasteiger partial charge in [-0.25, -0.2) is 18.9 Å². The Hall–Kier alpha value is -3.30. The number of likely N-dealkylation sites (N-methyl/N-ethyl adjacent to an activating group) is 1. The molecular formula is C20H21FN8O. The first kappa shape index (κ1) is 17.5. The second-order valence-corrected chi connectivity index (χ2v) is 8.61. The third kappa shape index (κ3) is 2.36. The quantitative estimate of drug-likeness (QED) is 0.711. The van der Waals surface area contributed by atoms with Crippen LogP contribution in [0.4, 0.5) is 27.5 Å². The van der Waals surface area contributed by atoms with Gasteiger partial charge in [0.05, 0.1) is 24.6 Å². The van der Waals surface area contributed by atoms with E-state index in [1.54, 1.807) is 22.7 Å². The summed E-state index contributed by atoms with van der Waals surface area (Å²) in [7, 11) is 1.73. The van der Waals surface area contributed by atoms with Crippen LogP contribution in [0.15, 0.2) is 24.8 Å². The summed E-state index contributed by atoms with van der Waals surface area (Å²) in [6.45, 7) is 2.19. The maximum atomic E-state index is 14.2. The molecule has 10 heteroatoms. The van der Waals surface area contributed by atoms with Crippen LogP contribution < -0.4 is 15.1 Å². The lowest BCUT2D eigenvalue weighted by molar-refractivity contribution is -0.117. The lowest BCUT2D eigenvalue weighted by Crippen LogP contribution is -2.58. The summed E-state index contributed by atoms with van der Waals surface area (Å²) in [6, 6.07) is 1.93. The second-order valence-electron chi connectivity index (χ2n) is 8.61. The molecule has 2 bridgehead atoms. The van der Waals surface area contributed by atoms with E-state index in [-0.39, 0.29) is 23.9 Å². The molecule has 3 fully saturated rings. The number of hydrogen-bond donors (Lipinski definition) is 1. The Morgan fingerprint density at radius 1 is 1.27 bits per heavy atom. The number of carbonyl (C=O) groups excluding carboxylic acids is 1. The molecule has 30 heavy (non-hydrogen) atoms. The molecule has 3 saturated carbocycles. The lowest BCUT2D eigenvalue weighted by atomic mass is 9.75. The number of amides is 1. The van der Waals surface area contributed by atoms with Crippen molar-refractivity contribution in [2.24, 2.45) is 5.92 Å². The lowest BCUT2D eigenvalue weighted by Gasteiger charge is -2.50. The van der Waals surface area contributed by atoms with Gasteiger partial charge in [0.25, 0.3) is 0 Å². The summed E-state index contributed by atoms with van der Waals surface area (Å²) in [6.07, 6.45) is 6.23. The van der Waals surface area contributed by atoms with E-state index in [0.29, 0.717) is 23.9 Å². The number of fused-ring (bicyclic) bond motifs is 3. The van der Waals surface area contributed by atoms with Crippen molar-refractivity contribution in [3.8, 4) is 0 Å². The molecule has 3 aromatic rings. The molecule has 1 atom stereocenters. The molecule has 4 aliphatic rings. The van der Waals surface area contributed by atoms with Gasteiger partial charge in [-0.3, -0.25) is 4.79 Å². The molecule has 3 aromatic heterocycles. The number of halogens is 1. The number of rotatable bonds is 3. The van der Waals surface area contributed by atoms with Crippen LogP contribution >= 0.6 is 0 Å². The summed E-state index contributed by atoms with van der Waals surface area (Å²) in [5.41, 5.74) is 2.90. The minimum atomic E-state index is -0.792. The number of aromatic nitrogens is 5. The van der Waals surface area contributed by atoms with Gasteiger partial charge in [0.15, 0.2) is 11.5 Å². The fraction of sp³-hybridized carbons (Fsp3) is 0.450. The Kier molecular flexibility index (Phi) is 3.43. The Morgan fingerprint density at radius 3 is 2.87 bits per heavy atom. The molecule has 1 amide bonds. The van der Waals surface area contributed by atoms with Crippen molar-refractivity contribution >= 4 is 34.7 Å². The molecule has 0 spiro atoms. The van der Waals surface area contributed by atoms with Crippen molar-refractivity contribution in [3.05, 3.63) is 30.4 Å². The fourth-order valence-electron chi connectivity index (χ4n) is 5.11. The number of nitrogens with zero attached hydrogens (tertiary/aromatic N) is 7. The highest BCUT2D eigenvalue weighted by Crippen LogP contribution is 2.58. The van der Waals surface area contributed by atoms with Gasteiger partial charge in [-0.15, -0.1) is 0 Å². The van der Waals surface area contributed by atoms with E-state index in [4.69, 9.17) is 4.98 Å². The van der Waals surface area contributed by atoms with Crippen LogP contribution in [-0.2, 0) is 4.79 Å². The molecule has 0 unspecified atom stereocenters. The van der Waals surface area contributed by atoms with Gasteiger partial charge in [0.1, 0.15) is 18.2 Å². The molecule has 9 nitrogen and oxygen atoms in total. The Morgan fingerprint density at radius 2 is 2.10 bits per heavy atom. The average molecular weight is 408 g/mol. The topological polar surface area (TPSA) is 91.5 Å². The van der Waals surface area contributed by atoms with Gasteiger partial charge in [-0.1, -0.05) is 0 Å². The predicted octanol–water partition coefficient (Wildman–Crippen LogP) is 2.24. The summed E-state index contributed by atoms with van der Waals surface area (Å²) < 4.78 is 15.9. The second kappa shape index (κ2) is 5.87. The van der Waals surface area contributed by atoms with Gasteiger partial charge in [-0.05, 0) is 37.3 Å². The molecular weight excluding hydrogens is 387 g/mol. The molecule has 4 heterocycles. The molecule has 3 aliphatic carbocycles. The van der Waals surface area contributed by atoms with Crippen molar-refractivity contribution in [2.75, 3.05) is 28.7 Å². The van der Waals surface area contributed by atoms with Crippen molar-refractivity contribution < 1.29 is 9.18 Å². The molecule has 7 rings (SSSR count). The van der Waals surface area contributed by atoms with E-state index >= 15 is 0 Å². The number of carbonyl (C=O) groups is 1. The zero-order chi connectivity index (χ0) is 20.6. The van der Waals surface area contributed by atoms with Crippen LogP contribution in [0.3, 0.4) is 0 Å². The summed E-state index contributed by atoms with van der Waals surface area (Å²) in [5.74, 6) is 1.19. The zero-order valence-electron chi connectivity index (χ0n) is 16.7. The van der Waals surface area contributed by atoms with Gasteiger partial charge < -0.3 is 15.1 Å². The first-order valence-corrected chi connectivity index (χ1v) is 10.1.